The lowest BCUT2D eigenvalue weighted by molar-refractivity contribution is -0.143. The van der Waals surface area contributed by atoms with Crippen molar-refractivity contribution in [2.45, 2.75) is 32.2 Å². The first-order valence-electron chi connectivity index (χ1n) is 4.22. The van der Waals surface area contributed by atoms with Gasteiger partial charge in [0.2, 0.25) is 0 Å². The Morgan fingerprint density at radius 3 is 2.92 bits per heavy atom. The Morgan fingerprint density at radius 2 is 2.42 bits per heavy atom. The fraction of sp³-hybridized carbons (Fsp3) is 0.875. The second kappa shape index (κ2) is 6.26. The highest BCUT2D eigenvalue weighted by Gasteiger charge is 2.17. The molecule has 1 atom stereocenters. The van der Waals surface area contributed by atoms with Gasteiger partial charge in [-0.3, -0.25) is 4.79 Å². The number of rotatable bonds is 3. The van der Waals surface area contributed by atoms with Gasteiger partial charge in [0.1, 0.15) is 0 Å². The molecule has 3 nitrogen and oxygen atoms in total. The van der Waals surface area contributed by atoms with Gasteiger partial charge in [0, 0.05) is 6.04 Å². The summed E-state index contributed by atoms with van der Waals surface area (Å²) in [5, 5.41) is 3.25. The molecule has 0 saturated carbocycles. The van der Waals surface area contributed by atoms with Crippen LogP contribution >= 0.6 is 12.4 Å². The number of hydrogen-bond acceptors (Lipinski definition) is 3. The molecule has 1 saturated heterocycles. The van der Waals surface area contributed by atoms with Gasteiger partial charge >= 0.3 is 5.97 Å². The van der Waals surface area contributed by atoms with E-state index in [2.05, 4.69) is 5.32 Å². The van der Waals surface area contributed by atoms with Crippen LogP contribution in [-0.2, 0) is 9.53 Å². The van der Waals surface area contributed by atoms with Gasteiger partial charge in [0.25, 0.3) is 0 Å². The van der Waals surface area contributed by atoms with E-state index in [1.807, 2.05) is 6.92 Å². The van der Waals surface area contributed by atoms with Gasteiger partial charge in [-0.2, -0.15) is 0 Å². The normalized spacial score (nSPS) is 21.6. The third-order valence-electron chi connectivity index (χ3n) is 1.88. The summed E-state index contributed by atoms with van der Waals surface area (Å²) in [6.45, 7) is 3.37. The van der Waals surface area contributed by atoms with Crippen LogP contribution in [0.4, 0.5) is 0 Å². The molecule has 0 radical (unpaired) electrons. The van der Waals surface area contributed by atoms with Crippen molar-refractivity contribution in [2.24, 2.45) is 0 Å². The number of esters is 1. The second-order valence-electron chi connectivity index (χ2n) is 2.80. The summed E-state index contributed by atoms with van der Waals surface area (Å²) >= 11 is 0. The zero-order valence-corrected chi connectivity index (χ0v) is 8.15. The molecule has 1 aliphatic rings. The maximum atomic E-state index is 10.9. The quantitative estimate of drug-likeness (QED) is 0.683. The van der Waals surface area contributed by atoms with Crippen LogP contribution in [0.15, 0.2) is 0 Å². The van der Waals surface area contributed by atoms with Crippen molar-refractivity contribution < 1.29 is 9.53 Å². The molecule has 1 fully saturated rings. The topological polar surface area (TPSA) is 38.3 Å². The molecule has 1 heterocycles. The van der Waals surface area contributed by atoms with E-state index in [0.29, 0.717) is 19.1 Å². The molecular weight excluding hydrogens is 178 g/mol. The predicted octanol–water partition coefficient (Wildman–Crippen LogP) is 1.11. The average Bonchev–Trinajstić information content (AvgIpc) is 2.40. The van der Waals surface area contributed by atoms with Crippen LogP contribution < -0.4 is 5.32 Å². The van der Waals surface area contributed by atoms with E-state index in [1.165, 1.54) is 6.42 Å². The third-order valence-corrected chi connectivity index (χ3v) is 1.88. The fourth-order valence-electron chi connectivity index (χ4n) is 1.35. The average molecular weight is 194 g/mol. The van der Waals surface area contributed by atoms with Crippen molar-refractivity contribution in [1.82, 2.24) is 5.32 Å². The molecule has 0 amide bonds. The van der Waals surface area contributed by atoms with E-state index in [4.69, 9.17) is 4.74 Å². The lowest BCUT2D eigenvalue weighted by Gasteiger charge is -2.07. The zero-order valence-electron chi connectivity index (χ0n) is 7.34. The molecule has 0 aliphatic carbocycles. The van der Waals surface area contributed by atoms with Gasteiger partial charge in [0.05, 0.1) is 13.0 Å². The molecule has 0 aromatic heterocycles. The van der Waals surface area contributed by atoms with E-state index in [-0.39, 0.29) is 18.4 Å². The zero-order chi connectivity index (χ0) is 8.10. The molecule has 4 heteroatoms. The summed E-state index contributed by atoms with van der Waals surface area (Å²) in [7, 11) is 0. The summed E-state index contributed by atoms with van der Waals surface area (Å²) in [4.78, 5) is 10.9. The summed E-state index contributed by atoms with van der Waals surface area (Å²) in [5.74, 6) is -0.0769. The molecule has 12 heavy (non-hydrogen) atoms. The minimum absolute atomic E-state index is 0. The van der Waals surface area contributed by atoms with Gasteiger partial charge in [0.15, 0.2) is 0 Å². The third kappa shape index (κ3) is 3.93. The SMILES string of the molecule is CCOC(=O)C[C@H]1CCCN1.Cl. The number of hydrogen-bond donors (Lipinski definition) is 1. The Hall–Kier alpha value is -0.280. The Labute approximate surface area is 79.3 Å². The Morgan fingerprint density at radius 1 is 1.67 bits per heavy atom. The summed E-state index contributed by atoms with van der Waals surface area (Å²) in [6, 6.07) is 0.369. The minimum Gasteiger partial charge on any atom is -0.466 e. The molecule has 72 valence electrons. The molecule has 1 N–H and O–H groups in total. The van der Waals surface area contributed by atoms with Gasteiger partial charge in [-0.25, -0.2) is 0 Å². The van der Waals surface area contributed by atoms with Crippen molar-refractivity contribution >= 4 is 18.4 Å². The van der Waals surface area contributed by atoms with Gasteiger partial charge in [-0.15, -0.1) is 12.4 Å². The number of nitrogens with one attached hydrogen (secondary N) is 1. The molecule has 0 aromatic carbocycles. The highest BCUT2D eigenvalue weighted by atomic mass is 35.5. The summed E-state index contributed by atoms with van der Waals surface area (Å²) in [6.07, 6.45) is 2.83. The first-order chi connectivity index (χ1) is 5.33. The van der Waals surface area contributed by atoms with E-state index < -0.39 is 0 Å². The van der Waals surface area contributed by atoms with Crippen molar-refractivity contribution in [3.05, 3.63) is 0 Å². The first-order valence-corrected chi connectivity index (χ1v) is 4.22. The monoisotopic (exact) mass is 193 g/mol. The summed E-state index contributed by atoms with van der Waals surface area (Å²) < 4.78 is 4.82. The van der Waals surface area contributed by atoms with Crippen LogP contribution in [-0.4, -0.2) is 25.2 Å². The van der Waals surface area contributed by atoms with Crippen molar-refractivity contribution in [3.8, 4) is 0 Å². The molecule has 0 aromatic rings. The largest absolute Gasteiger partial charge is 0.466 e. The Balaban J connectivity index is 0.00000121. The molecule has 1 rings (SSSR count). The van der Waals surface area contributed by atoms with E-state index in [0.717, 1.165) is 13.0 Å². The Bertz CT molecular complexity index is 135. The van der Waals surface area contributed by atoms with Gasteiger partial charge < -0.3 is 10.1 Å². The summed E-state index contributed by atoms with van der Waals surface area (Å²) in [5.41, 5.74) is 0. The van der Waals surface area contributed by atoms with Crippen molar-refractivity contribution in [3.63, 3.8) is 0 Å². The smallest absolute Gasteiger partial charge is 0.307 e. The second-order valence-corrected chi connectivity index (χ2v) is 2.80. The highest BCUT2D eigenvalue weighted by molar-refractivity contribution is 5.85. The van der Waals surface area contributed by atoms with Crippen LogP contribution in [0, 0.1) is 0 Å². The standard InChI is InChI=1S/C8H15NO2.ClH/c1-2-11-8(10)6-7-4-3-5-9-7;/h7,9H,2-6H2,1H3;1H/t7-;/m1./s1. The highest BCUT2D eigenvalue weighted by Crippen LogP contribution is 2.08. The van der Waals surface area contributed by atoms with E-state index in [9.17, 15) is 4.79 Å². The van der Waals surface area contributed by atoms with Crippen LogP contribution in [0.1, 0.15) is 26.2 Å². The minimum atomic E-state index is -0.0769. The van der Waals surface area contributed by atoms with Crippen molar-refractivity contribution in [1.29, 1.82) is 0 Å². The van der Waals surface area contributed by atoms with Crippen LogP contribution in [0.25, 0.3) is 0 Å². The van der Waals surface area contributed by atoms with E-state index in [1.54, 1.807) is 0 Å². The van der Waals surface area contributed by atoms with Gasteiger partial charge in [-0.05, 0) is 26.3 Å². The molecule has 0 spiro atoms. The number of carbonyl (C=O) groups excluding carboxylic acids is 1. The molecular formula is C8H16ClNO2. The number of carbonyl (C=O) groups is 1. The van der Waals surface area contributed by atoms with Gasteiger partial charge in [-0.1, -0.05) is 0 Å². The fourth-order valence-corrected chi connectivity index (χ4v) is 1.35. The predicted molar refractivity (Wildman–Crippen MR) is 49.5 cm³/mol. The van der Waals surface area contributed by atoms with E-state index >= 15 is 0 Å². The maximum absolute atomic E-state index is 10.9. The maximum Gasteiger partial charge on any atom is 0.307 e. The molecule has 0 bridgehead atoms. The Kier molecular flexibility index (Phi) is 6.11. The van der Waals surface area contributed by atoms with Crippen LogP contribution in [0.2, 0.25) is 0 Å². The number of halogens is 1. The lowest BCUT2D eigenvalue weighted by Crippen LogP contribution is -2.25. The number of ether oxygens (including phenoxy) is 1. The van der Waals surface area contributed by atoms with Crippen LogP contribution in [0.5, 0.6) is 0 Å². The first kappa shape index (κ1) is 11.7. The molecule has 0 unspecified atom stereocenters. The van der Waals surface area contributed by atoms with Crippen LogP contribution in [0.3, 0.4) is 0 Å². The molecule has 1 aliphatic heterocycles. The lowest BCUT2D eigenvalue weighted by atomic mass is 10.2. The van der Waals surface area contributed by atoms with Crippen molar-refractivity contribution in [2.75, 3.05) is 13.2 Å².